The lowest BCUT2D eigenvalue weighted by Gasteiger charge is -2.23. The Kier molecular flexibility index (Phi) is 4.66. The van der Waals surface area contributed by atoms with E-state index in [0.717, 1.165) is 42.5 Å². The van der Waals surface area contributed by atoms with Crippen molar-refractivity contribution in [1.29, 1.82) is 0 Å². The highest BCUT2D eigenvalue weighted by Crippen LogP contribution is 2.33. The van der Waals surface area contributed by atoms with Crippen molar-refractivity contribution < 1.29 is 9.59 Å². The van der Waals surface area contributed by atoms with Crippen molar-refractivity contribution in [3.8, 4) is 0 Å². The van der Waals surface area contributed by atoms with Gasteiger partial charge in [0.25, 0.3) is 11.1 Å². The lowest BCUT2D eigenvalue weighted by molar-refractivity contribution is -0.115. The number of imide groups is 1. The second-order valence-electron chi connectivity index (χ2n) is 5.91. The first-order chi connectivity index (χ1) is 10.9. The number of hydrogen-bond donors (Lipinski definition) is 1. The van der Waals surface area contributed by atoms with E-state index in [2.05, 4.69) is 29.2 Å². The number of amides is 2. The van der Waals surface area contributed by atoms with E-state index >= 15 is 0 Å². The Morgan fingerprint density at radius 2 is 2.17 bits per heavy atom. The maximum absolute atomic E-state index is 11.8. The van der Waals surface area contributed by atoms with E-state index in [9.17, 15) is 9.59 Å². The molecule has 0 aromatic heterocycles. The fourth-order valence-corrected chi connectivity index (χ4v) is 3.73. The Balaban J connectivity index is 1.92. The highest BCUT2D eigenvalue weighted by Gasteiger charge is 2.28. The van der Waals surface area contributed by atoms with Gasteiger partial charge in [-0.2, -0.15) is 0 Å². The maximum Gasteiger partial charge on any atom is 0.290 e. The molecule has 3 rings (SSSR count). The van der Waals surface area contributed by atoms with Crippen LogP contribution in [0.15, 0.2) is 23.1 Å². The van der Waals surface area contributed by atoms with Crippen molar-refractivity contribution in [3.63, 3.8) is 0 Å². The Bertz CT molecular complexity index is 690. The van der Waals surface area contributed by atoms with Gasteiger partial charge in [0, 0.05) is 35.4 Å². The molecule has 1 N–H and O–H groups in total. The fraction of sp³-hybridized carbons (Fsp3) is 0.375. The smallest absolute Gasteiger partial charge is 0.290 e. The van der Waals surface area contributed by atoms with Crippen LogP contribution in [-0.2, 0) is 4.79 Å². The maximum atomic E-state index is 11.8. The molecule has 2 saturated heterocycles. The highest BCUT2D eigenvalue weighted by atomic mass is 35.5. The summed E-state index contributed by atoms with van der Waals surface area (Å²) >= 11 is 7.05. The summed E-state index contributed by atoms with van der Waals surface area (Å²) in [5, 5.41) is 2.55. The number of carbonyl (C=O) groups is 2. The van der Waals surface area contributed by atoms with Gasteiger partial charge >= 0.3 is 0 Å². The summed E-state index contributed by atoms with van der Waals surface area (Å²) in [5.41, 5.74) is 1.91. The van der Waals surface area contributed by atoms with Crippen LogP contribution in [0.25, 0.3) is 6.08 Å². The first-order valence-electron chi connectivity index (χ1n) is 7.40. The first kappa shape index (κ1) is 16.4. The van der Waals surface area contributed by atoms with E-state index in [0.29, 0.717) is 16.0 Å². The number of hydrogen-bond acceptors (Lipinski definition) is 5. The fourth-order valence-electron chi connectivity index (χ4n) is 2.87. The van der Waals surface area contributed by atoms with Gasteiger partial charge in [0.05, 0.1) is 4.91 Å². The van der Waals surface area contributed by atoms with Crippen LogP contribution in [0, 0.1) is 0 Å². The number of nitrogens with zero attached hydrogens (tertiary/aromatic N) is 2. The summed E-state index contributed by atoms with van der Waals surface area (Å²) in [4.78, 5) is 28.0. The zero-order chi connectivity index (χ0) is 16.6. The quantitative estimate of drug-likeness (QED) is 0.849. The summed E-state index contributed by atoms with van der Waals surface area (Å²) in [7, 11) is 4.17. The molecular weight excluding hydrogens is 334 g/mol. The van der Waals surface area contributed by atoms with Crippen LogP contribution in [0.3, 0.4) is 0 Å². The largest absolute Gasteiger partial charge is 0.369 e. The van der Waals surface area contributed by atoms with Crippen molar-refractivity contribution in [3.05, 3.63) is 33.7 Å². The normalized spacial score (nSPS) is 23.2. The average Bonchev–Trinajstić information content (AvgIpc) is 3.07. The topological polar surface area (TPSA) is 52.6 Å². The molecule has 2 heterocycles. The lowest BCUT2D eigenvalue weighted by atomic mass is 10.1. The molecule has 0 saturated carbocycles. The summed E-state index contributed by atoms with van der Waals surface area (Å²) in [6.07, 6.45) is 2.84. The van der Waals surface area contributed by atoms with Gasteiger partial charge in [0.15, 0.2) is 0 Å². The van der Waals surface area contributed by atoms with E-state index in [1.807, 2.05) is 18.2 Å². The van der Waals surface area contributed by atoms with Crippen LogP contribution in [0.1, 0.15) is 12.0 Å². The van der Waals surface area contributed by atoms with Crippen LogP contribution >= 0.6 is 23.4 Å². The number of anilines is 1. The molecule has 23 heavy (non-hydrogen) atoms. The molecule has 0 spiro atoms. The van der Waals surface area contributed by atoms with Crippen LogP contribution in [0.4, 0.5) is 10.5 Å². The van der Waals surface area contributed by atoms with E-state index in [4.69, 9.17) is 11.6 Å². The van der Waals surface area contributed by atoms with Gasteiger partial charge in [-0.3, -0.25) is 14.9 Å². The second-order valence-corrected chi connectivity index (χ2v) is 7.36. The van der Waals surface area contributed by atoms with E-state index in [-0.39, 0.29) is 11.1 Å². The van der Waals surface area contributed by atoms with E-state index in [1.54, 1.807) is 6.08 Å². The number of likely N-dealkylation sites (N-methyl/N-ethyl adjacent to an activating group) is 1. The molecule has 5 nitrogen and oxygen atoms in total. The molecule has 0 radical (unpaired) electrons. The minimum atomic E-state index is -0.349. The van der Waals surface area contributed by atoms with Crippen molar-refractivity contribution in [2.75, 3.05) is 32.1 Å². The highest BCUT2D eigenvalue weighted by molar-refractivity contribution is 8.18. The molecule has 7 heteroatoms. The second kappa shape index (κ2) is 6.55. The van der Waals surface area contributed by atoms with Crippen molar-refractivity contribution in [2.24, 2.45) is 0 Å². The first-order valence-corrected chi connectivity index (χ1v) is 8.59. The number of benzene rings is 1. The van der Waals surface area contributed by atoms with Gasteiger partial charge in [0.2, 0.25) is 0 Å². The summed E-state index contributed by atoms with van der Waals surface area (Å²) in [6, 6.07) is 6.18. The Morgan fingerprint density at radius 1 is 1.39 bits per heavy atom. The summed E-state index contributed by atoms with van der Waals surface area (Å²) in [5.74, 6) is -0.349. The van der Waals surface area contributed by atoms with Crippen molar-refractivity contribution >= 4 is 46.3 Å². The van der Waals surface area contributed by atoms with E-state index in [1.165, 1.54) is 0 Å². The predicted octanol–water partition coefficient (Wildman–Crippen LogP) is 2.80. The van der Waals surface area contributed by atoms with Crippen LogP contribution in [0.2, 0.25) is 5.02 Å². The molecule has 1 aromatic carbocycles. The van der Waals surface area contributed by atoms with Crippen molar-refractivity contribution in [1.82, 2.24) is 10.2 Å². The number of rotatable bonds is 3. The average molecular weight is 352 g/mol. The van der Waals surface area contributed by atoms with Gasteiger partial charge in [-0.25, -0.2) is 0 Å². The Hall–Kier alpha value is -1.50. The molecule has 2 amide bonds. The molecular formula is C16H18ClN3O2S. The van der Waals surface area contributed by atoms with Gasteiger partial charge < -0.3 is 9.80 Å². The minimum Gasteiger partial charge on any atom is -0.369 e. The molecule has 0 aliphatic carbocycles. The summed E-state index contributed by atoms with van der Waals surface area (Å²) in [6.45, 7) is 1.89. The zero-order valence-corrected chi connectivity index (χ0v) is 14.6. The number of nitrogens with one attached hydrogen (secondary N) is 1. The molecule has 2 aliphatic rings. The third kappa shape index (κ3) is 3.54. The number of halogens is 1. The SMILES string of the molecule is CN(C)[C@H]1CCN(c2ccc(Cl)cc2/C=C2/SC(=O)NC2=O)C1. The van der Waals surface area contributed by atoms with Gasteiger partial charge in [0.1, 0.15) is 0 Å². The molecule has 2 aliphatic heterocycles. The van der Waals surface area contributed by atoms with E-state index < -0.39 is 0 Å². The predicted molar refractivity (Wildman–Crippen MR) is 94.9 cm³/mol. The van der Waals surface area contributed by atoms with Crippen LogP contribution in [-0.4, -0.2) is 49.3 Å². The summed E-state index contributed by atoms with van der Waals surface area (Å²) < 4.78 is 0. The van der Waals surface area contributed by atoms with Gasteiger partial charge in [-0.15, -0.1) is 0 Å². The lowest BCUT2D eigenvalue weighted by Crippen LogP contribution is -2.31. The Morgan fingerprint density at radius 3 is 2.78 bits per heavy atom. The third-order valence-electron chi connectivity index (χ3n) is 4.15. The zero-order valence-electron chi connectivity index (χ0n) is 13.0. The molecule has 2 fully saturated rings. The van der Waals surface area contributed by atoms with Crippen LogP contribution < -0.4 is 10.2 Å². The van der Waals surface area contributed by atoms with Gasteiger partial charge in [-0.1, -0.05) is 11.6 Å². The standard InChI is InChI=1S/C16H18ClN3O2S/c1-19(2)12-5-6-20(9-12)13-4-3-11(17)7-10(13)8-14-15(21)18-16(22)23-14/h3-4,7-8,12H,5-6,9H2,1-2H3,(H,18,21,22)/b14-8+/t12-/m0/s1. The molecule has 1 atom stereocenters. The monoisotopic (exact) mass is 351 g/mol. The minimum absolute atomic E-state index is 0.335. The van der Waals surface area contributed by atoms with Crippen LogP contribution in [0.5, 0.6) is 0 Å². The molecule has 122 valence electrons. The number of carbonyl (C=O) groups excluding carboxylic acids is 2. The van der Waals surface area contributed by atoms with Gasteiger partial charge in [-0.05, 0) is 56.6 Å². The van der Waals surface area contributed by atoms with Crippen molar-refractivity contribution in [2.45, 2.75) is 12.5 Å². The molecule has 0 bridgehead atoms. The molecule has 0 unspecified atom stereocenters. The number of thioether (sulfide) groups is 1. The molecule has 1 aromatic rings. The Labute approximate surface area is 144 Å². The third-order valence-corrected chi connectivity index (χ3v) is 5.20.